The normalized spacial score (nSPS) is 12.4. The Morgan fingerprint density at radius 2 is 1.80 bits per heavy atom. The summed E-state index contributed by atoms with van der Waals surface area (Å²) in [6, 6.07) is 13.7. The summed E-state index contributed by atoms with van der Waals surface area (Å²) >= 11 is 0. The summed E-state index contributed by atoms with van der Waals surface area (Å²) < 4.78 is 13.9. The molecule has 0 saturated carbocycles. The van der Waals surface area contributed by atoms with Crippen LogP contribution in [0.2, 0.25) is 0 Å². The minimum absolute atomic E-state index is 0.166. The molecule has 1 nitrogen and oxygen atoms in total. The van der Waals surface area contributed by atoms with Crippen LogP contribution in [0, 0.1) is 12.7 Å². The molecule has 0 spiro atoms. The van der Waals surface area contributed by atoms with Crippen LogP contribution in [0.3, 0.4) is 0 Å². The van der Waals surface area contributed by atoms with Crippen LogP contribution in [-0.2, 0) is 0 Å². The lowest BCUT2D eigenvalue weighted by Crippen LogP contribution is -2.19. The minimum Gasteiger partial charge on any atom is -0.310 e. The minimum atomic E-state index is -0.166. The molecule has 2 rings (SSSR count). The van der Waals surface area contributed by atoms with Gasteiger partial charge >= 0.3 is 0 Å². The van der Waals surface area contributed by atoms with Gasteiger partial charge in [-0.25, -0.2) is 4.39 Å². The largest absolute Gasteiger partial charge is 0.310 e. The summed E-state index contributed by atoms with van der Waals surface area (Å²) in [6.45, 7) is 7.30. The molecule has 0 saturated heterocycles. The maximum Gasteiger partial charge on any atom is 0.131 e. The molecule has 20 heavy (non-hydrogen) atoms. The number of hydrogen-bond acceptors (Lipinski definition) is 1. The van der Waals surface area contributed by atoms with Crippen LogP contribution >= 0.6 is 0 Å². The fourth-order valence-electron chi connectivity index (χ4n) is 2.29. The number of benzene rings is 2. The molecule has 0 aliphatic rings. The Morgan fingerprint density at radius 1 is 1.10 bits per heavy atom. The van der Waals surface area contributed by atoms with Crippen molar-refractivity contribution in [1.82, 2.24) is 5.32 Å². The van der Waals surface area contributed by atoms with Gasteiger partial charge in [0.05, 0.1) is 0 Å². The van der Waals surface area contributed by atoms with Crippen molar-refractivity contribution < 1.29 is 4.39 Å². The van der Waals surface area contributed by atoms with E-state index >= 15 is 0 Å². The van der Waals surface area contributed by atoms with Crippen LogP contribution in [0.15, 0.2) is 42.5 Å². The van der Waals surface area contributed by atoms with Crippen LogP contribution in [-0.4, -0.2) is 6.54 Å². The topological polar surface area (TPSA) is 12.0 Å². The number of nitrogens with one attached hydrogen (secondary N) is 1. The van der Waals surface area contributed by atoms with Gasteiger partial charge in [-0.05, 0) is 50.1 Å². The molecule has 0 heterocycles. The fourth-order valence-corrected chi connectivity index (χ4v) is 2.29. The Balaban J connectivity index is 2.21. The molecule has 2 aromatic carbocycles. The van der Waals surface area contributed by atoms with Gasteiger partial charge in [-0.1, -0.05) is 42.8 Å². The SMILES string of the molecule is CCCNC(C)c1ccc(-c2cc(C)ccc2F)cc1. The van der Waals surface area contributed by atoms with Crippen molar-refractivity contribution in [2.75, 3.05) is 6.54 Å². The molecule has 1 atom stereocenters. The molecule has 0 aliphatic carbocycles. The molecule has 106 valence electrons. The number of aryl methyl sites for hydroxylation is 1. The first-order valence-electron chi connectivity index (χ1n) is 7.21. The van der Waals surface area contributed by atoms with Gasteiger partial charge in [0.25, 0.3) is 0 Å². The van der Waals surface area contributed by atoms with E-state index in [9.17, 15) is 4.39 Å². The highest BCUT2D eigenvalue weighted by Gasteiger charge is 2.07. The zero-order chi connectivity index (χ0) is 14.5. The molecule has 0 bridgehead atoms. The smallest absolute Gasteiger partial charge is 0.131 e. The Hall–Kier alpha value is -1.67. The van der Waals surface area contributed by atoms with E-state index in [4.69, 9.17) is 0 Å². The second-order valence-electron chi connectivity index (χ2n) is 5.28. The number of hydrogen-bond donors (Lipinski definition) is 1. The summed E-state index contributed by atoms with van der Waals surface area (Å²) in [5, 5.41) is 3.45. The third-order valence-electron chi connectivity index (χ3n) is 3.54. The lowest BCUT2D eigenvalue weighted by atomic mass is 9.99. The Labute approximate surface area is 120 Å². The van der Waals surface area contributed by atoms with Crippen LogP contribution < -0.4 is 5.32 Å². The molecule has 0 aliphatic heterocycles. The highest BCUT2D eigenvalue weighted by molar-refractivity contribution is 5.65. The van der Waals surface area contributed by atoms with Crippen LogP contribution in [0.25, 0.3) is 11.1 Å². The highest BCUT2D eigenvalue weighted by atomic mass is 19.1. The van der Waals surface area contributed by atoms with E-state index in [-0.39, 0.29) is 5.82 Å². The van der Waals surface area contributed by atoms with Crippen LogP contribution in [0.1, 0.15) is 37.4 Å². The molecule has 2 heteroatoms. The van der Waals surface area contributed by atoms with Crippen molar-refractivity contribution in [3.05, 3.63) is 59.4 Å². The molecular weight excluding hydrogens is 249 g/mol. The molecule has 0 radical (unpaired) electrons. The van der Waals surface area contributed by atoms with E-state index in [1.807, 2.05) is 25.1 Å². The summed E-state index contributed by atoms with van der Waals surface area (Å²) in [5.74, 6) is -0.166. The van der Waals surface area contributed by atoms with Gasteiger partial charge in [0.1, 0.15) is 5.82 Å². The summed E-state index contributed by atoms with van der Waals surface area (Å²) in [7, 11) is 0. The fraction of sp³-hybridized carbons (Fsp3) is 0.333. The lowest BCUT2D eigenvalue weighted by Gasteiger charge is -2.14. The quantitative estimate of drug-likeness (QED) is 0.818. The Morgan fingerprint density at radius 3 is 2.45 bits per heavy atom. The first-order valence-corrected chi connectivity index (χ1v) is 7.21. The van der Waals surface area contributed by atoms with Crippen molar-refractivity contribution in [2.45, 2.75) is 33.2 Å². The van der Waals surface area contributed by atoms with Gasteiger partial charge in [0.15, 0.2) is 0 Å². The van der Waals surface area contributed by atoms with Gasteiger partial charge in [-0.15, -0.1) is 0 Å². The maximum atomic E-state index is 13.9. The van der Waals surface area contributed by atoms with Crippen molar-refractivity contribution >= 4 is 0 Å². The molecule has 0 amide bonds. The van der Waals surface area contributed by atoms with E-state index in [2.05, 4.69) is 31.3 Å². The van der Waals surface area contributed by atoms with Gasteiger partial charge in [0, 0.05) is 11.6 Å². The summed E-state index contributed by atoms with van der Waals surface area (Å²) in [6.07, 6.45) is 1.12. The third kappa shape index (κ3) is 3.45. The van der Waals surface area contributed by atoms with Gasteiger partial charge < -0.3 is 5.32 Å². The molecule has 2 aromatic rings. The molecule has 1 unspecified atom stereocenters. The average Bonchev–Trinajstić information content (AvgIpc) is 2.47. The van der Waals surface area contributed by atoms with Crippen molar-refractivity contribution in [1.29, 1.82) is 0 Å². The average molecular weight is 271 g/mol. The molecular formula is C18H22FN. The van der Waals surface area contributed by atoms with Crippen molar-refractivity contribution in [3.63, 3.8) is 0 Å². The van der Waals surface area contributed by atoms with E-state index < -0.39 is 0 Å². The van der Waals surface area contributed by atoms with Crippen LogP contribution in [0.5, 0.6) is 0 Å². The van der Waals surface area contributed by atoms with Crippen molar-refractivity contribution in [2.24, 2.45) is 0 Å². The Bertz CT molecular complexity index is 560. The van der Waals surface area contributed by atoms with E-state index in [0.29, 0.717) is 11.6 Å². The first kappa shape index (κ1) is 14.7. The molecule has 0 fully saturated rings. The third-order valence-corrected chi connectivity index (χ3v) is 3.54. The Kier molecular flexibility index (Phi) is 4.91. The predicted octanol–water partition coefficient (Wildman–Crippen LogP) is 4.86. The van der Waals surface area contributed by atoms with E-state index in [1.165, 1.54) is 11.6 Å². The monoisotopic (exact) mass is 271 g/mol. The van der Waals surface area contributed by atoms with Gasteiger partial charge in [0.2, 0.25) is 0 Å². The van der Waals surface area contributed by atoms with Gasteiger partial charge in [-0.3, -0.25) is 0 Å². The lowest BCUT2D eigenvalue weighted by molar-refractivity contribution is 0.571. The van der Waals surface area contributed by atoms with E-state index in [1.54, 1.807) is 6.07 Å². The van der Waals surface area contributed by atoms with Crippen molar-refractivity contribution in [3.8, 4) is 11.1 Å². The number of rotatable bonds is 5. The standard InChI is InChI=1S/C18H22FN/c1-4-11-20-14(3)15-6-8-16(9-7-15)17-12-13(2)5-10-18(17)19/h5-10,12,14,20H,4,11H2,1-3H3. The molecule has 0 aromatic heterocycles. The van der Waals surface area contributed by atoms with Gasteiger partial charge in [-0.2, -0.15) is 0 Å². The summed E-state index contributed by atoms with van der Waals surface area (Å²) in [4.78, 5) is 0. The summed E-state index contributed by atoms with van der Waals surface area (Å²) in [5.41, 5.74) is 3.90. The van der Waals surface area contributed by atoms with Crippen LogP contribution in [0.4, 0.5) is 4.39 Å². The first-order chi connectivity index (χ1) is 9.61. The van der Waals surface area contributed by atoms with E-state index in [0.717, 1.165) is 24.1 Å². The highest BCUT2D eigenvalue weighted by Crippen LogP contribution is 2.25. The second kappa shape index (κ2) is 6.67. The molecule has 1 N–H and O–H groups in total. The zero-order valence-electron chi connectivity index (χ0n) is 12.4. The number of halogens is 1. The second-order valence-corrected chi connectivity index (χ2v) is 5.28. The zero-order valence-corrected chi connectivity index (χ0v) is 12.4. The maximum absolute atomic E-state index is 13.9. The predicted molar refractivity (Wildman–Crippen MR) is 83.3 cm³/mol.